The smallest absolute Gasteiger partial charge is 0.141 e. The van der Waals surface area contributed by atoms with E-state index >= 15 is 0 Å². The molecule has 0 aromatic heterocycles. The van der Waals surface area contributed by atoms with Crippen LogP contribution < -0.4 is 15.2 Å². The Balaban J connectivity index is 2.43. The van der Waals surface area contributed by atoms with Crippen LogP contribution in [0.4, 0.5) is 0 Å². The van der Waals surface area contributed by atoms with E-state index in [-0.39, 0.29) is 11.6 Å². The molecule has 0 unspecified atom stereocenters. The fourth-order valence-corrected chi connectivity index (χ4v) is 1.94. The summed E-state index contributed by atoms with van der Waals surface area (Å²) in [6.07, 6.45) is 0. The van der Waals surface area contributed by atoms with E-state index in [1.165, 1.54) is 0 Å². The average Bonchev–Trinajstić information content (AvgIpc) is 2.47. The standard InChI is InChI=1S/C15H15NO3S/c1-18-11-6-7-12(15(16)20)14(8-11)19-13-5-3-2-4-10(13)9-17/h2-8,17H,9H2,1H3,(H2,16,20). The van der Waals surface area contributed by atoms with Gasteiger partial charge in [-0.25, -0.2) is 0 Å². The maximum atomic E-state index is 9.32. The molecule has 2 aromatic rings. The van der Waals surface area contributed by atoms with Crippen molar-refractivity contribution in [1.82, 2.24) is 0 Å². The normalized spacial score (nSPS) is 10.1. The summed E-state index contributed by atoms with van der Waals surface area (Å²) < 4.78 is 11.0. The van der Waals surface area contributed by atoms with Gasteiger partial charge in [-0.05, 0) is 18.2 Å². The second kappa shape index (κ2) is 6.36. The van der Waals surface area contributed by atoms with E-state index in [9.17, 15) is 5.11 Å². The first-order valence-corrected chi connectivity index (χ1v) is 6.41. The molecule has 0 bridgehead atoms. The van der Waals surface area contributed by atoms with E-state index in [1.54, 1.807) is 37.4 Å². The lowest BCUT2D eigenvalue weighted by atomic mass is 10.1. The third kappa shape index (κ3) is 3.07. The molecule has 0 aliphatic rings. The molecule has 0 spiro atoms. The summed E-state index contributed by atoms with van der Waals surface area (Å²) in [7, 11) is 1.57. The molecule has 0 radical (unpaired) electrons. The Morgan fingerprint density at radius 3 is 2.60 bits per heavy atom. The number of ether oxygens (including phenoxy) is 2. The lowest BCUT2D eigenvalue weighted by molar-refractivity contribution is 0.276. The fourth-order valence-electron chi connectivity index (χ4n) is 1.77. The lowest BCUT2D eigenvalue weighted by Gasteiger charge is -2.14. The first kappa shape index (κ1) is 14.3. The summed E-state index contributed by atoms with van der Waals surface area (Å²) in [6.45, 7) is -0.109. The van der Waals surface area contributed by atoms with Gasteiger partial charge in [0.05, 0.1) is 19.3 Å². The van der Waals surface area contributed by atoms with Gasteiger partial charge in [0, 0.05) is 11.6 Å². The number of aliphatic hydroxyl groups excluding tert-OH is 1. The van der Waals surface area contributed by atoms with E-state index < -0.39 is 0 Å². The van der Waals surface area contributed by atoms with Gasteiger partial charge in [-0.3, -0.25) is 0 Å². The Kier molecular flexibility index (Phi) is 4.55. The maximum absolute atomic E-state index is 9.32. The molecule has 104 valence electrons. The van der Waals surface area contributed by atoms with Gasteiger partial charge in [-0.2, -0.15) is 0 Å². The first-order valence-electron chi connectivity index (χ1n) is 6.00. The number of hydrogen-bond donors (Lipinski definition) is 2. The lowest BCUT2D eigenvalue weighted by Crippen LogP contribution is -2.11. The molecule has 2 rings (SSSR count). The number of para-hydroxylation sites is 1. The number of aliphatic hydroxyl groups is 1. The van der Waals surface area contributed by atoms with Crippen LogP contribution in [-0.2, 0) is 6.61 Å². The number of benzene rings is 2. The van der Waals surface area contributed by atoms with Crippen LogP contribution >= 0.6 is 12.2 Å². The summed E-state index contributed by atoms with van der Waals surface area (Å²) in [5.74, 6) is 1.69. The summed E-state index contributed by atoms with van der Waals surface area (Å²) in [5.41, 5.74) is 7.00. The van der Waals surface area contributed by atoms with Crippen molar-refractivity contribution in [2.24, 2.45) is 5.73 Å². The van der Waals surface area contributed by atoms with Crippen molar-refractivity contribution in [3.8, 4) is 17.2 Å². The van der Waals surface area contributed by atoms with E-state index in [0.717, 1.165) is 0 Å². The van der Waals surface area contributed by atoms with E-state index in [2.05, 4.69) is 0 Å². The number of nitrogens with two attached hydrogens (primary N) is 1. The molecule has 0 saturated carbocycles. The van der Waals surface area contributed by atoms with Crippen molar-refractivity contribution in [3.05, 3.63) is 53.6 Å². The van der Waals surface area contributed by atoms with Crippen LogP contribution in [0.2, 0.25) is 0 Å². The monoisotopic (exact) mass is 289 g/mol. The zero-order valence-corrected chi connectivity index (χ0v) is 11.8. The van der Waals surface area contributed by atoms with Crippen LogP contribution in [0, 0.1) is 0 Å². The highest BCUT2D eigenvalue weighted by molar-refractivity contribution is 7.80. The Bertz CT molecular complexity index is 628. The van der Waals surface area contributed by atoms with Crippen LogP contribution in [0.1, 0.15) is 11.1 Å². The van der Waals surface area contributed by atoms with Crippen molar-refractivity contribution in [2.45, 2.75) is 6.61 Å². The highest BCUT2D eigenvalue weighted by Crippen LogP contribution is 2.31. The highest BCUT2D eigenvalue weighted by Gasteiger charge is 2.11. The molecule has 0 amide bonds. The number of rotatable bonds is 5. The molecular weight excluding hydrogens is 274 g/mol. The molecule has 0 atom stereocenters. The molecular formula is C15H15NO3S. The third-order valence-electron chi connectivity index (χ3n) is 2.82. The zero-order valence-electron chi connectivity index (χ0n) is 11.0. The van der Waals surface area contributed by atoms with Gasteiger partial charge in [0.25, 0.3) is 0 Å². The van der Waals surface area contributed by atoms with Gasteiger partial charge in [0.1, 0.15) is 22.2 Å². The number of methoxy groups -OCH3 is 1. The molecule has 0 heterocycles. The summed E-state index contributed by atoms with van der Waals surface area (Å²) in [6, 6.07) is 12.4. The Morgan fingerprint density at radius 1 is 1.20 bits per heavy atom. The quantitative estimate of drug-likeness (QED) is 0.828. The molecule has 2 aromatic carbocycles. The highest BCUT2D eigenvalue weighted by atomic mass is 32.1. The van der Waals surface area contributed by atoms with Crippen molar-refractivity contribution in [3.63, 3.8) is 0 Å². The molecule has 4 nitrogen and oxygen atoms in total. The fraction of sp³-hybridized carbons (Fsp3) is 0.133. The molecule has 3 N–H and O–H groups in total. The molecule has 20 heavy (non-hydrogen) atoms. The largest absolute Gasteiger partial charge is 0.497 e. The Labute approximate surface area is 122 Å². The molecule has 0 saturated heterocycles. The molecule has 5 heteroatoms. The van der Waals surface area contributed by atoms with Crippen molar-refractivity contribution in [1.29, 1.82) is 0 Å². The minimum atomic E-state index is -0.109. The van der Waals surface area contributed by atoms with Crippen molar-refractivity contribution in [2.75, 3.05) is 7.11 Å². The number of hydrogen-bond acceptors (Lipinski definition) is 4. The van der Waals surface area contributed by atoms with Gasteiger partial charge in [-0.15, -0.1) is 0 Å². The predicted octanol–water partition coefficient (Wildman–Crippen LogP) is 2.61. The van der Waals surface area contributed by atoms with Crippen molar-refractivity contribution >= 4 is 17.2 Å². The molecule has 0 aliphatic carbocycles. The Morgan fingerprint density at radius 2 is 1.95 bits per heavy atom. The SMILES string of the molecule is COc1ccc(C(N)=S)c(Oc2ccccc2CO)c1. The first-order chi connectivity index (χ1) is 9.65. The Hall–Kier alpha value is -2.11. The van der Waals surface area contributed by atoms with Crippen LogP contribution in [0.15, 0.2) is 42.5 Å². The van der Waals surface area contributed by atoms with Crippen molar-refractivity contribution < 1.29 is 14.6 Å². The third-order valence-corrected chi connectivity index (χ3v) is 3.04. The van der Waals surface area contributed by atoms with E-state index in [4.69, 9.17) is 27.4 Å². The topological polar surface area (TPSA) is 64.7 Å². The summed E-state index contributed by atoms with van der Waals surface area (Å²) in [5, 5.41) is 9.32. The molecule has 0 fully saturated rings. The van der Waals surface area contributed by atoms with Gasteiger partial charge >= 0.3 is 0 Å². The second-order valence-corrected chi connectivity index (χ2v) is 4.53. The summed E-state index contributed by atoms with van der Waals surface area (Å²) in [4.78, 5) is 0.240. The minimum Gasteiger partial charge on any atom is -0.497 e. The zero-order chi connectivity index (χ0) is 14.5. The van der Waals surface area contributed by atoms with Crippen LogP contribution in [-0.4, -0.2) is 17.2 Å². The minimum absolute atomic E-state index is 0.109. The predicted molar refractivity (Wildman–Crippen MR) is 81.3 cm³/mol. The summed E-state index contributed by atoms with van der Waals surface area (Å²) >= 11 is 5.01. The van der Waals surface area contributed by atoms with Crippen LogP contribution in [0.5, 0.6) is 17.2 Å². The van der Waals surface area contributed by atoms with Crippen LogP contribution in [0.3, 0.4) is 0 Å². The van der Waals surface area contributed by atoms with E-state index in [0.29, 0.717) is 28.4 Å². The van der Waals surface area contributed by atoms with E-state index in [1.807, 2.05) is 12.1 Å². The van der Waals surface area contributed by atoms with Gasteiger partial charge in [-0.1, -0.05) is 30.4 Å². The van der Waals surface area contributed by atoms with Crippen LogP contribution in [0.25, 0.3) is 0 Å². The van der Waals surface area contributed by atoms with Gasteiger partial charge in [0.15, 0.2) is 0 Å². The van der Waals surface area contributed by atoms with Gasteiger partial charge < -0.3 is 20.3 Å². The van der Waals surface area contributed by atoms with Gasteiger partial charge in [0.2, 0.25) is 0 Å². The second-order valence-electron chi connectivity index (χ2n) is 4.09. The molecule has 0 aliphatic heterocycles. The average molecular weight is 289 g/mol. The maximum Gasteiger partial charge on any atom is 0.141 e. The number of thiocarbonyl (C=S) groups is 1.